The summed E-state index contributed by atoms with van der Waals surface area (Å²) < 4.78 is 0. The highest BCUT2D eigenvalue weighted by Gasteiger charge is 2.18. The average molecular weight is 261 g/mol. The second kappa shape index (κ2) is 7.63. The van der Waals surface area contributed by atoms with Crippen LogP contribution in [0, 0.1) is 5.92 Å². The fraction of sp³-hybridized carbons (Fsp3) is 0.625. The third-order valence-corrected chi connectivity index (χ3v) is 3.94. The van der Waals surface area contributed by atoms with Crippen LogP contribution in [0.2, 0.25) is 0 Å². The minimum atomic E-state index is 0.727. The number of piperazine rings is 1. The molecule has 1 unspecified atom stereocenters. The molecule has 0 aromatic heterocycles. The van der Waals surface area contributed by atoms with E-state index in [4.69, 9.17) is 5.73 Å². The maximum absolute atomic E-state index is 5.62. The van der Waals surface area contributed by atoms with Gasteiger partial charge in [-0.3, -0.25) is 4.90 Å². The molecule has 1 saturated heterocycles. The molecule has 0 amide bonds. The topological polar surface area (TPSA) is 32.5 Å². The van der Waals surface area contributed by atoms with E-state index < -0.39 is 0 Å². The van der Waals surface area contributed by atoms with Gasteiger partial charge in [0.05, 0.1) is 0 Å². The standard InChI is InChI=1S/C16H27N3/c1-15(7-8-17)13-18-9-11-19(12-10-18)14-16-5-3-2-4-6-16/h2-6,15H,7-14,17H2,1H3. The summed E-state index contributed by atoms with van der Waals surface area (Å²) in [5, 5.41) is 0. The zero-order valence-corrected chi connectivity index (χ0v) is 12.1. The van der Waals surface area contributed by atoms with Crippen LogP contribution in [0.25, 0.3) is 0 Å². The number of nitrogens with two attached hydrogens (primary N) is 1. The van der Waals surface area contributed by atoms with E-state index in [0.29, 0.717) is 0 Å². The highest BCUT2D eigenvalue weighted by atomic mass is 15.3. The SMILES string of the molecule is CC(CCN)CN1CCN(Cc2ccccc2)CC1. The van der Waals surface area contributed by atoms with Gasteiger partial charge in [-0.2, -0.15) is 0 Å². The Morgan fingerprint density at radius 1 is 1.05 bits per heavy atom. The van der Waals surface area contributed by atoms with Gasteiger partial charge in [-0.15, -0.1) is 0 Å². The van der Waals surface area contributed by atoms with Crippen LogP contribution < -0.4 is 5.73 Å². The second-order valence-corrected chi connectivity index (χ2v) is 5.74. The van der Waals surface area contributed by atoms with E-state index >= 15 is 0 Å². The summed E-state index contributed by atoms with van der Waals surface area (Å²) in [6, 6.07) is 10.8. The van der Waals surface area contributed by atoms with Crippen molar-refractivity contribution in [3.8, 4) is 0 Å². The quantitative estimate of drug-likeness (QED) is 0.847. The van der Waals surface area contributed by atoms with Crippen molar-refractivity contribution in [2.45, 2.75) is 19.9 Å². The molecule has 3 heteroatoms. The molecule has 0 saturated carbocycles. The van der Waals surface area contributed by atoms with Crippen LogP contribution in [0.15, 0.2) is 30.3 Å². The van der Waals surface area contributed by atoms with E-state index in [-0.39, 0.29) is 0 Å². The Balaban J connectivity index is 1.70. The van der Waals surface area contributed by atoms with Gasteiger partial charge in [0.2, 0.25) is 0 Å². The van der Waals surface area contributed by atoms with Gasteiger partial charge in [0, 0.05) is 39.3 Å². The summed E-state index contributed by atoms with van der Waals surface area (Å²) in [6.07, 6.45) is 1.14. The van der Waals surface area contributed by atoms with E-state index in [9.17, 15) is 0 Å². The lowest BCUT2D eigenvalue weighted by molar-refractivity contribution is 0.114. The number of hydrogen-bond acceptors (Lipinski definition) is 3. The molecule has 2 rings (SSSR count). The summed E-state index contributed by atoms with van der Waals surface area (Å²) in [5.74, 6) is 0.727. The van der Waals surface area contributed by atoms with Crippen molar-refractivity contribution in [1.29, 1.82) is 0 Å². The highest BCUT2D eigenvalue weighted by molar-refractivity contribution is 5.14. The van der Waals surface area contributed by atoms with Crippen LogP contribution in [0.1, 0.15) is 18.9 Å². The normalized spacial score (nSPS) is 19.5. The summed E-state index contributed by atoms with van der Waals surface area (Å²) in [4.78, 5) is 5.14. The van der Waals surface area contributed by atoms with E-state index in [1.54, 1.807) is 0 Å². The molecule has 0 aliphatic carbocycles. The molecule has 0 spiro atoms. The Hall–Kier alpha value is -0.900. The third-order valence-electron chi connectivity index (χ3n) is 3.94. The van der Waals surface area contributed by atoms with Crippen LogP contribution in [0.3, 0.4) is 0 Å². The zero-order valence-electron chi connectivity index (χ0n) is 12.1. The van der Waals surface area contributed by atoms with E-state index in [1.165, 1.54) is 38.3 Å². The molecule has 1 aliphatic rings. The Labute approximate surface area is 117 Å². The van der Waals surface area contributed by atoms with Crippen molar-refractivity contribution in [1.82, 2.24) is 9.80 Å². The molecule has 19 heavy (non-hydrogen) atoms. The van der Waals surface area contributed by atoms with E-state index in [2.05, 4.69) is 47.1 Å². The predicted molar refractivity (Wildman–Crippen MR) is 81.0 cm³/mol. The molecule has 1 aromatic carbocycles. The first-order valence-corrected chi connectivity index (χ1v) is 7.46. The molecule has 1 fully saturated rings. The number of rotatable bonds is 6. The van der Waals surface area contributed by atoms with Crippen LogP contribution in [-0.4, -0.2) is 49.1 Å². The smallest absolute Gasteiger partial charge is 0.0234 e. The van der Waals surface area contributed by atoms with Crippen molar-refractivity contribution in [3.63, 3.8) is 0 Å². The minimum Gasteiger partial charge on any atom is -0.330 e. The number of hydrogen-bond donors (Lipinski definition) is 1. The first kappa shape index (κ1) is 14.5. The van der Waals surface area contributed by atoms with Gasteiger partial charge in [-0.05, 0) is 24.4 Å². The zero-order chi connectivity index (χ0) is 13.5. The molecular formula is C16H27N3. The Bertz CT molecular complexity index is 344. The van der Waals surface area contributed by atoms with E-state index in [1.807, 2.05) is 0 Å². The van der Waals surface area contributed by atoms with Gasteiger partial charge >= 0.3 is 0 Å². The molecule has 3 nitrogen and oxygen atoms in total. The van der Waals surface area contributed by atoms with Crippen molar-refractivity contribution in [3.05, 3.63) is 35.9 Å². The van der Waals surface area contributed by atoms with Crippen LogP contribution in [-0.2, 0) is 6.54 Å². The highest BCUT2D eigenvalue weighted by Crippen LogP contribution is 2.10. The fourth-order valence-corrected chi connectivity index (χ4v) is 2.79. The summed E-state index contributed by atoms with van der Waals surface area (Å²) in [5.41, 5.74) is 7.04. The first-order chi connectivity index (χ1) is 9.28. The fourth-order valence-electron chi connectivity index (χ4n) is 2.79. The summed E-state index contributed by atoms with van der Waals surface area (Å²) in [7, 11) is 0. The molecule has 1 aliphatic heterocycles. The molecular weight excluding hydrogens is 234 g/mol. The molecule has 106 valence electrons. The average Bonchev–Trinajstić information content (AvgIpc) is 2.42. The van der Waals surface area contributed by atoms with Gasteiger partial charge in [0.1, 0.15) is 0 Å². The van der Waals surface area contributed by atoms with Crippen LogP contribution in [0.5, 0.6) is 0 Å². The van der Waals surface area contributed by atoms with Gasteiger partial charge in [0.25, 0.3) is 0 Å². The Kier molecular flexibility index (Phi) is 5.83. The molecule has 1 heterocycles. The third kappa shape index (κ3) is 4.94. The van der Waals surface area contributed by atoms with Crippen molar-refractivity contribution in [2.24, 2.45) is 11.7 Å². The van der Waals surface area contributed by atoms with Gasteiger partial charge in [-0.1, -0.05) is 37.3 Å². The molecule has 1 atom stereocenters. The maximum Gasteiger partial charge on any atom is 0.0234 e. The molecule has 0 radical (unpaired) electrons. The molecule has 1 aromatic rings. The van der Waals surface area contributed by atoms with Crippen LogP contribution >= 0.6 is 0 Å². The predicted octanol–water partition coefficient (Wildman–Crippen LogP) is 1.79. The Morgan fingerprint density at radius 3 is 2.32 bits per heavy atom. The first-order valence-electron chi connectivity index (χ1n) is 7.46. The minimum absolute atomic E-state index is 0.727. The lowest BCUT2D eigenvalue weighted by Gasteiger charge is -2.36. The lowest BCUT2D eigenvalue weighted by atomic mass is 10.1. The number of nitrogens with zero attached hydrogens (tertiary/aromatic N) is 2. The monoisotopic (exact) mass is 261 g/mol. The van der Waals surface area contributed by atoms with Crippen molar-refractivity contribution in [2.75, 3.05) is 39.3 Å². The lowest BCUT2D eigenvalue weighted by Crippen LogP contribution is -2.47. The van der Waals surface area contributed by atoms with Gasteiger partial charge in [-0.25, -0.2) is 0 Å². The second-order valence-electron chi connectivity index (χ2n) is 5.74. The maximum atomic E-state index is 5.62. The van der Waals surface area contributed by atoms with E-state index in [0.717, 1.165) is 25.4 Å². The van der Waals surface area contributed by atoms with Gasteiger partial charge < -0.3 is 10.6 Å². The number of benzene rings is 1. The van der Waals surface area contributed by atoms with Gasteiger partial charge in [0.15, 0.2) is 0 Å². The Morgan fingerprint density at radius 2 is 1.68 bits per heavy atom. The molecule has 0 bridgehead atoms. The van der Waals surface area contributed by atoms with Crippen molar-refractivity contribution >= 4 is 0 Å². The summed E-state index contributed by atoms with van der Waals surface area (Å²) >= 11 is 0. The summed E-state index contributed by atoms with van der Waals surface area (Å²) in [6.45, 7) is 10.2. The van der Waals surface area contributed by atoms with Crippen LogP contribution in [0.4, 0.5) is 0 Å². The largest absolute Gasteiger partial charge is 0.330 e. The molecule has 2 N–H and O–H groups in total. The van der Waals surface area contributed by atoms with Crippen molar-refractivity contribution < 1.29 is 0 Å².